The summed E-state index contributed by atoms with van der Waals surface area (Å²) in [4.78, 5) is 2.31. The third kappa shape index (κ3) is 1.84. The van der Waals surface area contributed by atoms with Gasteiger partial charge in [0.25, 0.3) is 0 Å². The van der Waals surface area contributed by atoms with Crippen LogP contribution in [-0.2, 0) is 4.74 Å². The Morgan fingerprint density at radius 3 is 3.38 bits per heavy atom. The number of aromatic amines is 1. The van der Waals surface area contributed by atoms with Gasteiger partial charge in [0.15, 0.2) is 0 Å². The van der Waals surface area contributed by atoms with Crippen molar-refractivity contribution in [1.29, 1.82) is 0 Å². The van der Waals surface area contributed by atoms with Crippen molar-refractivity contribution in [1.82, 2.24) is 25.5 Å². The molecule has 1 fully saturated rings. The molecule has 1 unspecified atom stereocenters. The Morgan fingerprint density at radius 2 is 2.69 bits per heavy atom. The Bertz CT molecular complexity index is 255. The third-order valence-corrected chi connectivity index (χ3v) is 2.25. The van der Waals surface area contributed by atoms with E-state index in [9.17, 15) is 0 Å². The van der Waals surface area contributed by atoms with E-state index in [4.69, 9.17) is 4.74 Å². The molecule has 0 saturated carbocycles. The molecule has 1 aliphatic rings. The standard InChI is InChI=1S/C7H13N5O.H2/c1-2-12-3-4-13-6(5-12)7-8-10-11-9-7;/h6H,2-5H2,1H3,(H,8,9,10,11);1H. The molecule has 1 N–H and O–H groups in total. The maximum atomic E-state index is 5.53. The minimum atomic E-state index is -0.0209. The first-order chi connectivity index (χ1) is 6.40. The lowest BCUT2D eigenvalue weighted by Gasteiger charge is -2.30. The molecule has 1 aliphatic heterocycles. The summed E-state index contributed by atoms with van der Waals surface area (Å²) in [5, 5.41) is 13.8. The molecule has 2 heterocycles. The molecule has 13 heavy (non-hydrogen) atoms. The number of ether oxygens (including phenoxy) is 1. The molecule has 0 amide bonds. The molecule has 0 aliphatic carbocycles. The summed E-state index contributed by atoms with van der Waals surface area (Å²) in [6.45, 7) is 5.77. The topological polar surface area (TPSA) is 66.9 Å². The van der Waals surface area contributed by atoms with Crippen molar-refractivity contribution < 1.29 is 6.16 Å². The fraction of sp³-hybridized carbons (Fsp3) is 0.857. The number of nitrogens with one attached hydrogen (secondary N) is 1. The van der Waals surface area contributed by atoms with Crippen LogP contribution in [0, 0.1) is 0 Å². The SMILES string of the molecule is CCN1CCOC(c2nn[nH]n2)C1.[HH]. The minimum Gasteiger partial charge on any atom is -0.367 e. The Kier molecular flexibility index (Phi) is 2.51. The van der Waals surface area contributed by atoms with Crippen LogP contribution in [0.15, 0.2) is 0 Å². The van der Waals surface area contributed by atoms with Gasteiger partial charge < -0.3 is 4.74 Å². The molecule has 2 rings (SSSR count). The Hall–Kier alpha value is -1.01. The Balaban J connectivity index is 0.000000980. The van der Waals surface area contributed by atoms with E-state index in [1.54, 1.807) is 0 Å². The lowest BCUT2D eigenvalue weighted by molar-refractivity contribution is -0.0325. The molecule has 74 valence electrons. The van der Waals surface area contributed by atoms with Gasteiger partial charge in [0.05, 0.1) is 6.61 Å². The summed E-state index contributed by atoms with van der Waals surface area (Å²) in [6.07, 6.45) is -0.0209. The molecule has 6 heteroatoms. The summed E-state index contributed by atoms with van der Waals surface area (Å²) in [5.74, 6) is 0.651. The summed E-state index contributed by atoms with van der Waals surface area (Å²) >= 11 is 0. The number of likely N-dealkylation sites (N-methyl/N-ethyl adjacent to an activating group) is 1. The minimum absolute atomic E-state index is 0. The Morgan fingerprint density at radius 1 is 1.77 bits per heavy atom. The van der Waals surface area contributed by atoms with Gasteiger partial charge in [-0.2, -0.15) is 5.21 Å². The van der Waals surface area contributed by atoms with Gasteiger partial charge in [0, 0.05) is 14.5 Å². The second kappa shape index (κ2) is 3.80. The molecule has 0 aromatic carbocycles. The van der Waals surface area contributed by atoms with Crippen LogP contribution in [0.25, 0.3) is 0 Å². The van der Waals surface area contributed by atoms with E-state index in [1.807, 2.05) is 0 Å². The number of aromatic nitrogens is 4. The zero-order valence-corrected chi connectivity index (χ0v) is 7.60. The van der Waals surface area contributed by atoms with E-state index >= 15 is 0 Å². The van der Waals surface area contributed by atoms with Crippen molar-refractivity contribution >= 4 is 0 Å². The number of hydrogen-bond acceptors (Lipinski definition) is 5. The highest BCUT2D eigenvalue weighted by molar-refractivity contribution is 4.88. The average molecular weight is 185 g/mol. The van der Waals surface area contributed by atoms with Crippen LogP contribution in [-0.4, -0.2) is 51.8 Å². The van der Waals surface area contributed by atoms with Gasteiger partial charge in [0.2, 0.25) is 5.82 Å². The third-order valence-electron chi connectivity index (χ3n) is 2.25. The van der Waals surface area contributed by atoms with Crippen molar-refractivity contribution in [3.63, 3.8) is 0 Å². The summed E-state index contributed by atoms with van der Waals surface area (Å²) in [7, 11) is 0. The molecule has 0 bridgehead atoms. The highest BCUT2D eigenvalue weighted by Crippen LogP contribution is 2.17. The van der Waals surface area contributed by atoms with Crippen LogP contribution >= 0.6 is 0 Å². The zero-order chi connectivity index (χ0) is 9.10. The molecule has 6 nitrogen and oxygen atoms in total. The highest BCUT2D eigenvalue weighted by Gasteiger charge is 2.23. The maximum absolute atomic E-state index is 5.53. The number of rotatable bonds is 2. The maximum Gasteiger partial charge on any atom is 0.204 e. The lowest BCUT2D eigenvalue weighted by Crippen LogP contribution is -2.38. The normalized spacial score (nSPS) is 24.8. The number of morpholine rings is 1. The van der Waals surface area contributed by atoms with Crippen molar-refractivity contribution in [2.75, 3.05) is 26.2 Å². The predicted molar refractivity (Wildman–Crippen MR) is 47.1 cm³/mol. The number of hydrogen-bond donors (Lipinski definition) is 1. The molecular formula is C7H15N5O. The van der Waals surface area contributed by atoms with Crippen molar-refractivity contribution in [3.05, 3.63) is 5.82 Å². The summed E-state index contributed by atoms with van der Waals surface area (Å²) in [6, 6.07) is 0. The molecule has 1 saturated heterocycles. The second-order valence-corrected chi connectivity index (χ2v) is 3.02. The highest BCUT2D eigenvalue weighted by atomic mass is 16.5. The van der Waals surface area contributed by atoms with E-state index in [-0.39, 0.29) is 7.53 Å². The summed E-state index contributed by atoms with van der Waals surface area (Å²) in [5.41, 5.74) is 0. The quantitative estimate of drug-likeness (QED) is 0.693. The first-order valence-electron chi connectivity index (χ1n) is 4.47. The van der Waals surface area contributed by atoms with Crippen molar-refractivity contribution in [2.45, 2.75) is 13.0 Å². The van der Waals surface area contributed by atoms with E-state index in [2.05, 4.69) is 32.4 Å². The van der Waals surface area contributed by atoms with Gasteiger partial charge in [-0.1, -0.05) is 12.1 Å². The fourth-order valence-electron chi connectivity index (χ4n) is 1.45. The molecule has 0 spiro atoms. The van der Waals surface area contributed by atoms with E-state index in [0.717, 1.165) is 26.2 Å². The van der Waals surface area contributed by atoms with Gasteiger partial charge in [-0.25, -0.2) is 0 Å². The first-order valence-corrected chi connectivity index (χ1v) is 4.47. The van der Waals surface area contributed by atoms with E-state index < -0.39 is 0 Å². The largest absolute Gasteiger partial charge is 0.367 e. The van der Waals surface area contributed by atoms with Gasteiger partial charge in [-0.3, -0.25) is 4.90 Å². The van der Waals surface area contributed by atoms with Crippen LogP contribution in [0.1, 0.15) is 20.3 Å². The first kappa shape index (κ1) is 8.58. The lowest BCUT2D eigenvalue weighted by atomic mass is 10.2. The fourth-order valence-corrected chi connectivity index (χ4v) is 1.45. The molecule has 1 aromatic heterocycles. The van der Waals surface area contributed by atoms with Crippen LogP contribution in [0.4, 0.5) is 0 Å². The molecule has 1 atom stereocenters. The van der Waals surface area contributed by atoms with Crippen LogP contribution in [0.5, 0.6) is 0 Å². The van der Waals surface area contributed by atoms with Crippen LogP contribution in [0.3, 0.4) is 0 Å². The van der Waals surface area contributed by atoms with Gasteiger partial charge >= 0.3 is 0 Å². The molecule has 1 aromatic rings. The Labute approximate surface area is 77.7 Å². The van der Waals surface area contributed by atoms with Crippen molar-refractivity contribution in [3.8, 4) is 0 Å². The smallest absolute Gasteiger partial charge is 0.204 e. The van der Waals surface area contributed by atoms with Crippen LogP contribution < -0.4 is 0 Å². The monoisotopic (exact) mass is 185 g/mol. The molecule has 0 radical (unpaired) electrons. The van der Waals surface area contributed by atoms with Gasteiger partial charge in [0.1, 0.15) is 6.10 Å². The van der Waals surface area contributed by atoms with E-state index in [1.165, 1.54) is 0 Å². The average Bonchev–Trinajstić information content (AvgIpc) is 2.71. The molecular weight excluding hydrogens is 170 g/mol. The number of H-pyrrole nitrogens is 1. The van der Waals surface area contributed by atoms with Crippen molar-refractivity contribution in [2.24, 2.45) is 0 Å². The van der Waals surface area contributed by atoms with Gasteiger partial charge in [-0.15, -0.1) is 10.2 Å². The second-order valence-electron chi connectivity index (χ2n) is 3.02. The van der Waals surface area contributed by atoms with Gasteiger partial charge in [-0.05, 0) is 6.54 Å². The van der Waals surface area contributed by atoms with Crippen LogP contribution in [0.2, 0.25) is 0 Å². The summed E-state index contributed by atoms with van der Waals surface area (Å²) < 4.78 is 5.53. The predicted octanol–water partition coefficient (Wildman–Crippen LogP) is -0.161. The number of nitrogens with zero attached hydrogens (tertiary/aromatic N) is 4. The zero-order valence-electron chi connectivity index (χ0n) is 7.60. The van der Waals surface area contributed by atoms with E-state index in [0.29, 0.717) is 5.82 Å². The number of tetrazole rings is 1.